The summed E-state index contributed by atoms with van der Waals surface area (Å²) in [5, 5.41) is 4.30. The number of amides is 2. The maximum absolute atomic E-state index is 11.6. The number of hydrogen-bond acceptors (Lipinski definition) is 2. The van der Waals surface area contributed by atoms with E-state index in [2.05, 4.69) is 10.6 Å². The number of benzene rings is 2. The zero-order valence-corrected chi connectivity index (χ0v) is 14.9. The van der Waals surface area contributed by atoms with Crippen molar-refractivity contribution >= 4 is 46.4 Å². The van der Waals surface area contributed by atoms with E-state index in [4.69, 9.17) is 23.2 Å². The van der Waals surface area contributed by atoms with Gasteiger partial charge in [0, 0.05) is 11.4 Å². The molecule has 2 aromatic carbocycles. The molecule has 24 heavy (non-hydrogen) atoms. The highest BCUT2D eigenvalue weighted by atomic mass is 35.5. The van der Waals surface area contributed by atoms with Gasteiger partial charge in [0.2, 0.25) is 11.8 Å². The number of anilines is 2. The van der Waals surface area contributed by atoms with E-state index >= 15 is 0 Å². The first-order chi connectivity index (χ1) is 11.4. The van der Waals surface area contributed by atoms with Crippen molar-refractivity contribution in [1.29, 1.82) is 0 Å². The number of rotatable bonds is 5. The highest BCUT2D eigenvalue weighted by molar-refractivity contribution is 6.32. The van der Waals surface area contributed by atoms with Crippen LogP contribution in [0.3, 0.4) is 0 Å². The van der Waals surface area contributed by atoms with Gasteiger partial charge in [-0.3, -0.25) is 9.59 Å². The van der Waals surface area contributed by atoms with Crippen molar-refractivity contribution in [3.63, 3.8) is 0 Å². The van der Waals surface area contributed by atoms with E-state index in [1.54, 1.807) is 13.8 Å². The van der Waals surface area contributed by atoms with E-state index in [-0.39, 0.29) is 11.8 Å². The van der Waals surface area contributed by atoms with Crippen molar-refractivity contribution < 1.29 is 9.59 Å². The molecule has 0 saturated heterocycles. The summed E-state index contributed by atoms with van der Waals surface area (Å²) in [6.45, 7) is 3.24. The van der Waals surface area contributed by atoms with Gasteiger partial charge in [-0.2, -0.15) is 0 Å². The van der Waals surface area contributed by atoms with Gasteiger partial charge in [-0.15, -0.1) is 23.2 Å². The van der Waals surface area contributed by atoms with Crippen LogP contribution in [0.25, 0.3) is 11.1 Å². The van der Waals surface area contributed by atoms with Crippen LogP contribution in [0.5, 0.6) is 0 Å². The fourth-order valence-corrected chi connectivity index (χ4v) is 2.08. The van der Waals surface area contributed by atoms with E-state index in [0.29, 0.717) is 11.4 Å². The molecule has 126 valence electrons. The maximum atomic E-state index is 11.6. The summed E-state index contributed by atoms with van der Waals surface area (Å²) in [7, 11) is 0. The van der Waals surface area contributed by atoms with Crippen LogP contribution in [-0.4, -0.2) is 22.6 Å². The van der Waals surface area contributed by atoms with Gasteiger partial charge in [-0.05, 0) is 49.2 Å². The number of carbonyl (C=O) groups is 2. The Bertz CT molecular complexity index is 647. The first-order valence-electron chi connectivity index (χ1n) is 7.47. The third kappa shape index (κ3) is 4.98. The minimum Gasteiger partial charge on any atom is -0.325 e. The van der Waals surface area contributed by atoms with Crippen molar-refractivity contribution in [3.8, 4) is 11.1 Å². The van der Waals surface area contributed by atoms with Crippen LogP contribution in [0.2, 0.25) is 0 Å². The minimum absolute atomic E-state index is 0.238. The topological polar surface area (TPSA) is 58.2 Å². The van der Waals surface area contributed by atoms with Crippen molar-refractivity contribution in [2.45, 2.75) is 24.6 Å². The summed E-state index contributed by atoms with van der Waals surface area (Å²) in [6.07, 6.45) is 0. The summed E-state index contributed by atoms with van der Waals surface area (Å²) in [5.41, 5.74) is 3.37. The van der Waals surface area contributed by atoms with Crippen molar-refractivity contribution in [1.82, 2.24) is 0 Å². The van der Waals surface area contributed by atoms with Crippen LogP contribution in [0, 0.1) is 0 Å². The van der Waals surface area contributed by atoms with Gasteiger partial charge < -0.3 is 10.6 Å². The normalized spacial score (nSPS) is 13.0. The van der Waals surface area contributed by atoms with Crippen LogP contribution < -0.4 is 10.6 Å². The number of alkyl halides is 2. The molecule has 2 rings (SSSR count). The van der Waals surface area contributed by atoms with Gasteiger partial charge in [0.1, 0.15) is 10.8 Å². The van der Waals surface area contributed by atoms with Crippen LogP contribution in [0.15, 0.2) is 48.5 Å². The van der Waals surface area contributed by atoms with Gasteiger partial charge in [0.05, 0.1) is 0 Å². The number of hydrogen-bond donors (Lipinski definition) is 2. The summed E-state index contributed by atoms with van der Waals surface area (Å²) in [5.74, 6) is -0.476. The lowest BCUT2D eigenvalue weighted by atomic mass is 10.0. The summed E-state index contributed by atoms with van der Waals surface area (Å²) in [4.78, 5) is 23.1. The molecule has 0 aliphatic heterocycles. The quantitative estimate of drug-likeness (QED) is 0.768. The lowest BCUT2D eigenvalue weighted by Gasteiger charge is -2.09. The lowest BCUT2D eigenvalue weighted by Crippen LogP contribution is -2.20. The third-order valence-corrected chi connectivity index (χ3v) is 3.76. The second-order valence-corrected chi connectivity index (χ2v) is 6.67. The standard InChI is InChI=1S/C18H18Cl2N2O2/c1-11(19)17(23)21-15-7-3-13(4-8-15)14-5-9-16(10-6-14)22-18(24)12(2)20/h3-12H,1-2H3,(H,21,23)(H,22,24)/t11-,12-/m0/s1. The summed E-state index contributed by atoms with van der Waals surface area (Å²) in [6, 6.07) is 14.9. The molecule has 4 nitrogen and oxygen atoms in total. The number of halogens is 2. The molecular formula is C18H18Cl2N2O2. The second kappa shape index (κ2) is 8.18. The largest absolute Gasteiger partial charge is 0.325 e. The molecule has 2 atom stereocenters. The van der Waals surface area contributed by atoms with Gasteiger partial charge in [-0.1, -0.05) is 24.3 Å². The molecule has 0 aliphatic rings. The fraction of sp³-hybridized carbons (Fsp3) is 0.222. The molecule has 6 heteroatoms. The molecule has 0 radical (unpaired) electrons. The molecule has 0 heterocycles. The van der Waals surface area contributed by atoms with E-state index in [0.717, 1.165) is 11.1 Å². The Morgan fingerprint density at radius 3 is 1.25 bits per heavy atom. The molecule has 2 aromatic rings. The Kier molecular flexibility index (Phi) is 6.23. The molecule has 0 aromatic heterocycles. The predicted molar refractivity (Wildman–Crippen MR) is 99.8 cm³/mol. The van der Waals surface area contributed by atoms with Crippen LogP contribution in [0.1, 0.15) is 13.8 Å². The monoisotopic (exact) mass is 364 g/mol. The Balaban J connectivity index is 2.06. The van der Waals surface area contributed by atoms with Gasteiger partial charge in [-0.25, -0.2) is 0 Å². The minimum atomic E-state index is -0.580. The van der Waals surface area contributed by atoms with Crippen LogP contribution >= 0.6 is 23.2 Å². The molecule has 0 bridgehead atoms. The number of carbonyl (C=O) groups excluding carboxylic acids is 2. The van der Waals surface area contributed by atoms with Gasteiger partial charge in [0.15, 0.2) is 0 Å². The summed E-state index contributed by atoms with van der Waals surface area (Å²) >= 11 is 11.5. The first-order valence-corrected chi connectivity index (χ1v) is 8.34. The zero-order chi connectivity index (χ0) is 17.7. The average Bonchev–Trinajstić information content (AvgIpc) is 2.56. The lowest BCUT2D eigenvalue weighted by molar-refractivity contribution is -0.116. The Morgan fingerprint density at radius 1 is 0.708 bits per heavy atom. The SMILES string of the molecule is C[C@H](Cl)C(=O)Nc1ccc(-c2ccc(NC(=O)[C@H](C)Cl)cc2)cc1. The average molecular weight is 365 g/mol. The first kappa shape index (κ1) is 18.3. The molecule has 0 spiro atoms. The van der Waals surface area contributed by atoms with Crippen LogP contribution in [0.4, 0.5) is 11.4 Å². The Hall–Kier alpha value is -2.04. The zero-order valence-electron chi connectivity index (χ0n) is 13.3. The van der Waals surface area contributed by atoms with Gasteiger partial charge in [0.25, 0.3) is 0 Å². The van der Waals surface area contributed by atoms with E-state index in [1.165, 1.54) is 0 Å². The molecule has 0 aliphatic carbocycles. The van der Waals surface area contributed by atoms with Gasteiger partial charge >= 0.3 is 0 Å². The van der Waals surface area contributed by atoms with E-state index < -0.39 is 10.8 Å². The molecular weight excluding hydrogens is 347 g/mol. The second-order valence-electron chi connectivity index (χ2n) is 5.37. The number of nitrogens with one attached hydrogen (secondary N) is 2. The maximum Gasteiger partial charge on any atom is 0.242 e. The third-order valence-electron chi connectivity index (χ3n) is 3.36. The van der Waals surface area contributed by atoms with Crippen molar-refractivity contribution in [3.05, 3.63) is 48.5 Å². The fourth-order valence-electron chi connectivity index (χ4n) is 1.98. The van der Waals surface area contributed by atoms with Crippen molar-refractivity contribution in [2.75, 3.05) is 10.6 Å². The molecule has 0 saturated carbocycles. The molecule has 2 amide bonds. The molecule has 0 unspecified atom stereocenters. The van der Waals surface area contributed by atoms with Crippen molar-refractivity contribution in [2.24, 2.45) is 0 Å². The van der Waals surface area contributed by atoms with Crippen LogP contribution in [-0.2, 0) is 9.59 Å². The van der Waals surface area contributed by atoms with E-state index in [1.807, 2.05) is 48.5 Å². The smallest absolute Gasteiger partial charge is 0.242 e. The Labute approximate surface area is 151 Å². The molecule has 2 N–H and O–H groups in total. The summed E-state index contributed by atoms with van der Waals surface area (Å²) < 4.78 is 0. The predicted octanol–water partition coefficient (Wildman–Crippen LogP) is 4.49. The highest BCUT2D eigenvalue weighted by Gasteiger charge is 2.10. The Morgan fingerprint density at radius 2 is 1.00 bits per heavy atom. The molecule has 0 fully saturated rings. The highest BCUT2D eigenvalue weighted by Crippen LogP contribution is 2.23. The van der Waals surface area contributed by atoms with E-state index in [9.17, 15) is 9.59 Å².